The van der Waals surface area contributed by atoms with Crippen LogP contribution in [-0.2, 0) is 0 Å². The van der Waals surface area contributed by atoms with E-state index < -0.39 is 12.6 Å². The molecular formula is C11H13BrF3N. The van der Waals surface area contributed by atoms with Crippen LogP contribution in [0.25, 0.3) is 0 Å². The average molecular weight is 296 g/mol. The van der Waals surface area contributed by atoms with Crippen LogP contribution in [0.4, 0.5) is 18.9 Å². The molecule has 1 rings (SSSR count). The lowest BCUT2D eigenvalue weighted by molar-refractivity contribution is -0.134. The van der Waals surface area contributed by atoms with Gasteiger partial charge in [0.25, 0.3) is 0 Å². The standard InChI is InChI=1S/C11H13BrF3N/c1-8-4-2-5-9(10(8)12)16-7-3-6-11(13,14)15/h2,4-5,16H,3,6-7H2,1H3. The molecule has 90 valence electrons. The zero-order valence-corrected chi connectivity index (χ0v) is 10.5. The number of halogens is 4. The molecule has 16 heavy (non-hydrogen) atoms. The van der Waals surface area contributed by atoms with E-state index in [1.54, 1.807) is 0 Å². The average Bonchev–Trinajstić information content (AvgIpc) is 2.17. The monoisotopic (exact) mass is 295 g/mol. The summed E-state index contributed by atoms with van der Waals surface area (Å²) in [5.74, 6) is 0. The molecule has 1 aromatic rings. The first-order chi connectivity index (χ1) is 7.40. The van der Waals surface area contributed by atoms with Gasteiger partial charge in [-0.3, -0.25) is 0 Å². The Morgan fingerprint density at radius 3 is 2.62 bits per heavy atom. The van der Waals surface area contributed by atoms with E-state index in [4.69, 9.17) is 0 Å². The minimum atomic E-state index is -4.06. The molecule has 0 aliphatic rings. The van der Waals surface area contributed by atoms with Crippen LogP contribution in [0.2, 0.25) is 0 Å². The summed E-state index contributed by atoms with van der Waals surface area (Å²) in [7, 11) is 0. The summed E-state index contributed by atoms with van der Waals surface area (Å²) in [6.45, 7) is 2.26. The van der Waals surface area contributed by atoms with Crippen molar-refractivity contribution in [3.8, 4) is 0 Å². The van der Waals surface area contributed by atoms with Gasteiger partial charge in [-0.25, -0.2) is 0 Å². The van der Waals surface area contributed by atoms with Gasteiger partial charge in [-0.05, 0) is 40.9 Å². The maximum Gasteiger partial charge on any atom is 0.389 e. The van der Waals surface area contributed by atoms with E-state index >= 15 is 0 Å². The van der Waals surface area contributed by atoms with Gasteiger partial charge in [-0.2, -0.15) is 13.2 Å². The Morgan fingerprint density at radius 2 is 2.00 bits per heavy atom. The first-order valence-electron chi connectivity index (χ1n) is 4.96. The predicted molar refractivity (Wildman–Crippen MR) is 62.7 cm³/mol. The first kappa shape index (κ1) is 13.4. The third-order valence-electron chi connectivity index (χ3n) is 2.14. The summed E-state index contributed by atoms with van der Waals surface area (Å²) < 4.78 is 36.6. The van der Waals surface area contributed by atoms with Gasteiger partial charge in [0.2, 0.25) is 0 Å². The lowest BCUT2D eigenvalue weighted by atomic mass is 10.2. The second-order valence-corrected chi connectivity index (χ2v) is 4.37. The summed E-state index contributed by atoms with van der Waals surface area (Å²) in [4.78, 5) is 0. The van der Waals surface area contributed by atoms with Crippen LogP contribution in [0.3, 0.4) is 0 Å². The first-order valence-corrected chi connectivity index (χ1v) is 5.75. The van der Waals surface area contributed by atoms with Crippen molar-refractivity contribution in [2.75, 3.05) is 11.9 Å². The number of alkyl halides is 3. The van der Waals surface area contributed by atoms with E-state index in [0.717, 1.165) is 15.7 Å². The Bertz CT molecular complexity index is 350. The van der Waals surface area contributed by atoms with E-state index in [1.807, 2.05) is 25.1 Å². The molecule has 0 aromatic heterocycles. The van der Waals surface area contributed by atoms with Gasteiger partial charge in [0.1, 0.15) is 0 Å². The van der Waals surface area contributed by atoms with Crippen LogP contribution in [0, 0.1) is 6.92 Å². The second-order valence-electron chi connectivity index (χ2n) is 3.58. The molecule has 0 amide bonds. The highest BCUT2D eigenvalue weighted by Crippen LogP contribution is 2.26. The van der Waals surface area contributed by atoms with Gasteiger partial charge in [-0.1, -0.05) is 12.1 Å². The summed E-state index contributed by atoms with van der Waals surface area (Å²) in [5.41, 5.74) is 1.89. The summed E-state index contributed by atoms with van der Waals surface area (Å²) >= 11 is 3.39. The van der Waals surface area contributed by atoms with Crippen molar-refractivity contribution in [3.63, 3.8) is 0 Å². The molecular weight excluding hydrogens is 283 g/mol. The van der Waals surface area contributed by atoms with Gasteiger partial charge >= 0.3 is 6.18 Å². The zero-order chi connectivity index (χ0) is 12.2. The normalized spacial score (nSPS) is 11.6. The van der Waals surface area contributed by atoms with Crippen LogP contribution in [0.1, 0.15) is 18.4 Å². The summed E-state index contributed by atoms with van der Waals surface area (Å²) in [6, 6.07) is 5.64. The zero-order valence-electron chi connectivity index (χ0n) is 8.87. The lowest BCUT2D eigenvalue weighted by Gasteiger charge is -2.11. The van der Waals surface area contributed by atoms with Crippen molar-refractivity contribution >= 4 is 21.6 Å². The number of nitrogens with one attached hydrogen (secondary N) is 1. The topological polar surface area (TPSA) is 12.0 Å². The highest BCUT2D eigenvalue weighted by molar-refractivity contribution is 9.10. The summed E-state index contributed by atoms with van der Waals surface area (Å²) in [6.07, 6.45) is -4.72. The van der Waals surface area contributed by atoms with E-state index in [1.165, 1.54) is 0 Å². The SMILES string of the molecule is Cc1cccc(NCCCC(F)(F)F)c1Br. The molecule has 0 heterocycles. The van der Waals surface area contributed by atoms with Crippen LogP contribution in [0.15, 0.2) is 22.7 Å². The number of aryl methyl sites for hydroxylation is 1. The minimum absolute atomic E-state index is 0.0872. The fourth-order valence-corrected chi connectivity index (χ4v) is 1.70. The Balaban J connectivity index is 2.41. The number of benzene rings is 1. The molecule has 0 spiro atoms. The fourth-order valence-electron chi connectivity index (χ4n) is 1.30. The smallest absolute Gasteiger partial charge is 0.384 e. The largest absolute Gasteiger partial charge is 0.389 e. The third-order valence-corrected chi connectivity index (χ3v) is 3.20. The van der Waals surface area contributed by atoms with E-state index in [-0.39, 0.29) is 6.42 Å². The quantitative estimate of drug-likeness (QED) is 0.806. The molecule has 0 fully saturated rings. The number of rotatable bonds is 4. The lowest BCUT2D eigenvalue weighted by Crippen LogP contribution is -2.11. The Kier molecular flexibility index (Phi) is 4.65. The predicted octanol–water partition coefficient (Wildman–Crippen LogP) is 4.51. The van der Waals surface area contributed by atoms with Gasteiger partial charge in [-0.15, -0.1) is 0 Å². The van der Waals surface area contributed by atoms with Crippen LogP contribution >= 0.6 is 15.9 Å². The molecule has 0 aliphatic heterocycles. The molecule has 1 nitrogen and oxygen atoms in total. The third kappa shape index (κ3) is 4.43. The van der Waals surface area contributed by atoms with Crippen LogP contribution < -0.4 is 5.32 Å². The number of hydrogen-bond donors (Lipinski definition) is 1. The molecule has 0 aliphatic carbocycles. The maximum absolute atomic E-state index is 11.9. The van der Waals surface area contributed by atoms with Crippen molar-refractivity contribution in [1.82, 2.24) is 0 Å². The van der Waals surface area contributed by atoms with Crippen molar-refractivity contribution in [1.29, 1.82) is 0 Å². The molecule has 0 unspecified atom stereocenters. The maximum atomic E-state index is 11.9. The molecule has 5 heteroatoms. The van der Waals surface area contributed by atoms with Gasteiger partial charge in [0, 0.05) is 23.1 Å². The van der Waals surface area contributed by atoms with Gasteiger partial charge < -0.3 is 5.32 Å². The Labute approximate surface area is 101 Å². The van der Waals surface area contributed by atoms with E-state index in [9.17, 15) is 13.2 Å². The second kappa shape index (κ2) is 5.57. The fraction of sp³-hybridized carbons (Fsp3) is 0.455. The minimum Gasteiger partial charge on any atom is -0.384 e. The number of hydrogen-bond acceptors (Lipinski definition) is 1. The van der Waals surface area contributed by atoms with Crippen LogP contribution in [-0.4, -0.2) is 12.7 Å². The Morgan fingerprint density at radius 1 is 1.31 bits per heavy atom. The van der Waals surface area contributed by atoms with Crippen molar-refractivity contribution < 1.29 is 13.2 Å². The molecule has 0 saturated heterocycles. The molecule has 1 N–H and O–H groups in total. The highest BCUT2D eigenvalue weighted by atomic mass is 79.9. The van der Waals surface area contributed by atoms with Crippen LogP contribution in [0.5, 0.6) is 0 Å². The van der Waals surface area contributed by atoms with E-state index in [0.29, 0.717) is 6.54 Å². The number of anilines is 1. The van der Waals surface area contributed by atoms with Gasteiger partial charge in [0.05, 0.1) is 0 Å². The highest BCUT2D eigenvalue weighted by Gasteiger charge is 2.25. The van der Waals surface area contributed by atoms with Crippen molar-refractivity contribution in [2.45, 2.75) is 25.9 Å². The molecule has 0 radical (unpaired) electrons. The molecule has 1 aromatic carbocycles. The molecule has 0 bridgehead atoms. The van der Waals surface area contributed by atoms with Crippen molar-refractivity contribution in [3.05, 3.63) is 28.2 Å². The van der Waals surface area contributed by atoms with E-state index in [2.05, 4.69) is 21.2 Å². The van der Waals surface area contributed by atoms with Crippen molar-refractivity contribution in [2.24, 2.45) is 0 Å². The summed E-state index contributed by atoms with van der Waals surface area (Å²) in [5, 5.41) is 2.98. The molecule has 0 atom stereocenters. The van der Waals surface area contributed by atoms with Gasteiger partial charge in [0.15, 0.2) is 0 Å². The Hall–Kier alpha value is -0.710. The molecule has 0 saturated carbocycles.